The van der Waals surface area contributed by atoms with Gasteiger partial charge in [0.25, 0.3) is 0 Å². The van der Waals surface area contributed by atoms with E-state index < -0.39 is 6.10 Å². The van der Waals surface area contributed by atoms with E-state index in [-0.39, 0.29) is 11.5 Å². The molecule has 3 aromatic carbocycles. The minimum absolute atomic E-state index is 0.0294. The number of phenols is 2. The first-order chi connectivity index (χ1) is 12.0. The maximum absolute atomic E-state index is 10.3. The van der Waals surface area contributed by atoms with Crippen molar-refractivity contribution in [1.82, 2.24) is 0 Å². The van der Waals surface area contributed by atoms with Crippen LogP contribution < -0.4 is 0 Å². The number of aliphatic hydroxyl groups excluding tert-OH is 1. The van der Waals surface area contributed by atoms with Crippen molar-refractivity contribution in [3.05, 3.63) is 71.8 Å². The molecule has 0 saturated heterocycles. The Morgan fingerprint density at radius 1 is 0.800 bits per heavy atom. The number of rotatable bonds is 6. The Balaban J connectivity index is 1.58. The Morgan fingerprint density at radius 3 is 2.20 bits per heavy atom. The molecule has 25 heavy (non-hydrogen) atoms. The first kappa shape index (κ1) is 17.3. The fraction of sp³-hybridized carbons (Fsp3) is 0.273. The van der Waals surface area contributed by atoms with Crippen LogP contribution in [0.1, 0.15) is 37.0 Å². The molecule has 0 fully saturated rings. The molecular formula is C22H24O3. The molecule has 3 N–H and O–H groups in total. The highest BCUT2D eigenvalue weighted by Crippen LogP contribution is 2.29. The smallest absolute Gasteiger partial charge is 0.119 e. The summed E-state index contributed by atoms with van der Waals surface area (Å²) < 4.78 is 0. The third-order valence-electron chi connectivity index (χ3n) is 4.64. The van der Waals surface area contributed by atoms with Gasteiger partial charge in [0, 0.05) is 6.07 Å². The van der Waals surface area contributed by atoms with Crippen LogP contribution in [0.2, 0.25) is 0 Å². The van der Waals surface area contributed by atoms with Crippen LogP contribution in [-0.4, -0.2) is 15.3 Å². The lowest BCUT2D eigenvalue weighted by Gasteiger charge is -2.16. The van der Waals surface area contributed by atoms with Crippen molar-refractivity contribution < 1.29 is 15.3 Å². The summed E-state index contributed by atoms with van der Waals surface area (Å²) in [5, 5.41) is 31.9. The van der Waals surface area contributed by atoms with Gasteiger partial charge in [-0.05, 0) is 59.2 Å². The lowest BCUT2D eigenvalue weighted by Crippen LogP contribution is -2.04. The Bertz CT molecular complexity index is 837. The second-order valence-electron chi connectivity index (χ2n) is 6.87. The molecule has 0 radical (unpaired) electrons. The van der Waals surface area contributed by atoms with Crippen LogP contribution in [0.15, 0.2) is 60.7 Å². The van der Waals surface area contributed by atoms with E-state index in [1.54, 1.807) is 0 Å². The monoisotopic (exact) mass is 336 g/mol. The van der Waals surface area contributed by atoms with Gasteiger partial charge in [0.05, 0.1) is 6.10 Å². The Morgan fingerprint density at radius 2 is 1.48 bits per heavy atom. The maximum atomic E-state index is 10.3. The minimum atomic E-state index is -0.683. The molecule has 0 aliphatic heterocycles. The number of aromatic hydroxyl groups is 2. The molecule has 2 unspecified atom stereocenters. The fourth-order valence-corrected chi connectivity index (χ4v) is 3.29. The quantitative estimate of drug-likeness (QED) is 0.597. The number of phenolic OH excluding ortho intramolecular Hbond substituents is 2. The molecule has 0 aliphatic carbocycles. The van der Waals surface area contributed by atoms with Gasteiger partial charge >= 0.3 is 0 Å². The third kappa shape index (κ3) is 4.52. The Labute approximate surface area is 148 Å². The number of fused-ring (bicyclic) bond motifs is 1. The molecule has 0 aliphatic rings. The van der Waals surface area contributed by atoms with E-state index >= 15 is 0 Å². The zero-order chi connectivity index (χ0) is 17.8. The van der Waals surface area contributed by atoms with Crippen molar-refractivity contribution in [2.45, 2.75) is 32.3 Å². The van der Waals surface area contributed by atoms with Gasteiger partial charge in [-0.2, -0.15) is 0 Å². The van der Waals surface area contributed by atoms with Crippen LogP contribution in [0.3, 0.4) is 0 Å². The lowest BCUT2D eigenvalue weighted by molar-refractivity contribution is 0.157. The first-order valence-corrected chi connectivity index (χ1v) is 8.70. The SMILES string of the molecule is CC(CCC(O)c1cc(O)cc(O)c1)Cc1ccc2ccccc2c1. The molecule has 3 rings (SSSR count). The summed E-state index contributed by atoms with van der Waals surface area (Å²) in [5.41, 5.74) is 1.85. The normalized spacial score (nSPS) is 13.7. The van der Waals surface area contributed by atoms with Crippen LogP contribution in [0.4, 0.5) is 0 Å². The van der Waals surface area contributed by atoms with Gasteiger partial charge in [0.2, 0.25) is 0 Å². The average molecular weight is 336 g/mol. The van der Waals surface area contributed by atoms with E-state index in [1.165, 1.54) is 34.5 Å². The van der Waals surface area contributed by atoms with Crippen molar-refractivity contribution in [2.24, 2.45) is 5.92 Å². The van der Waals surface area contributed by atoms with Crippen LogP contribution >= 0.6 is 0 Å². The third-order valence-corrected chi connectivity index (χ3v) is 4.64. The molecule has 0 aromatic heterocycles. The minimum Gasteiger partial charge on any atom is -0.508 e. The van der Waals surface area contributed by atoms with E-state index in [0.29, 0.717) is 17.9 Å². The molecule has 3 nitrogen and oxygen atoms in total. The van der Waals surface area contributed by atoms with Gasteiger partial charge in [0.1, 0.15) is 11.5 Å². The van der Waals surface area contributed by atoms with Crippen molar-refractivity contribution in [2.75, 3.05) is 0 Å². The van der Waals surface area contributed by atoms with Crippen LogP contribution in [-0.2, 0) is 6.42 Å². The average Bonchev–Trinajstić information content (AvgIpc) is 2.58. The van der Waals surface area contributed by atoms with Crippen molar-refractivity contribution in [3.8, 4) is 11.5 Å². The fourth-order valence-electron chi connectivity index (χ4n) is 3.29. The van der Waals surface area contributed by atoms with Gasteiger partial charge in [-0.1, -0.05) is 49.4 Å². The van der Waals surface area contributed by atoms with E-state index in [2.05, 4.69) is 43.3 Å². The summed E-state index contributed by atoms with van der Waals surface area (Å²) in [5.74, 6) is 0.373. The van der Waals surface area contributed by atoms with E-state index in [4.69, 9.17) is 0 Å². The van der Waals surface area contributed by atoms with Crippen LogP contribution in [0.25, 0.3) is 10.8 Å². The van der Waals surface area contributed by atoms with Crippen LogP contribution in [0.5, 0.6) is 11.5 Å². The number of hydrogen-bond acceptors (Lipinski definition) is 3. The molecule has 0 spiro atoms. The van der Waals surface area contributed by atoms with Gasteiger partial charge < -0.3 is 15.3 Å². The Kier molecular flexibility index (Phi) is 5.25. The van der Waals surface area contributed by atoms with Gasteiger partial charge in [-0.15, -0.1) is 0 Å². The molecule has 0 bridgehead atoms. The first-order valence-electron chi connectivity index (χ1n) is 8.70. The zero-order valence-electron chi connectivity index (χ0n) is 14.4. The summed E-state index contributed by atoms with van der Waals surface area (Å²) in [7, 11) is 0. The zero-order valence-corrected chi connectivity index (χ0v) is 14.4. The summed E-state index contributed by atoms with van der Waals surface area (Å²) in [6, 6.07) is 19.2. The molecule has 130 valence electrons. The molecular weight excluding hydrogens is 312 g/mol. The molecule has 0 saturated carbocycles. The van der Waals surface area contributed by atoms with Crippen LogP contribution in [0, 0.1) is 5.92 Å². The lowest BCUT2D eigenvalue weighted by atomic mass is 9.92. The molecule has 3 heteroatoms. The number of benzene rings is 3. The highest BCUT2D eigenvalue weighted by molar-refractivity contribution is 5.82. The van der Waals surface area contributed by atoms with Gasteiger partial charge in [0.15, 0.2) is 0 Å². The van der Waals surface area contributed by atoms with Gasteiger partial charge in [-0.3, -0.25) is 0 Å². The summed E-state index contributed by atoms with van der Waals surface area (Å²) >= 11 is 0. The predicted octanol–water partition coefficient (Wildman–Crippen LogP) is 4.94. The molecule has 0 heterocycles. The molecule has 2 atom stereocenters. The van der Waals surface area contributed by atoms with Crippen molar-refractivity contribution >= 4 is 10.8 Å². The van der Waals surface area contributed by atoms with Crippen molar-refractivity contribution in [3.63, 3.8) is 0 Å². The Hall–Kier alpha value is -2.52. The van der Waals surface area contributed by atoms with E-state index in [0.717, 1.165) is 12.8 Å². The maximum Gasteiger partial charge on any atom is 0.119 e. The highest BCUT2D eigenvalue weighted by Gasteiger charge is 2.13. The number of aliphatic hydroxyl groups is 1. The topological polar surface area (TPSA) is 60.7 Å². The predicted molar refractivity (Wildman–Crippen MR) is 101 cm³/mol. The summed E-state index contributed by atoms with van der Waals surface area (Å²) in [4.78, 5) is 0. The summed E-state index contributed by atoms with van der Waals surface area (Å²) in [6.45, 7) is 2.18. The highest BCUT2D eigenvalue weighted by atomic mass is 16.3. The number of hydrogen-bond donors (Lipinski definition) is 3. The second-order valence-corrected chi connectivity index (χ2v) is 6.87. The standard InChI is InChI=1S/C22H24O3/c1-15(6-9-22(25)19-12-20(23)14-21(24)13-19)10-16-7-8-17-4-2-3-5-18(17)11-16/h2-5,7-8,11-15,22-25H,6,9-10H2,1H3. The molecule has 3 aromatic rings. The van der Waals surface area contributed by atoms with Crippen molar-refractivity contribution in [1.29, 1.82) is 0 Å². The second kappa shape index (κ2) is 7.58. The largest absolute Gasteiger partial charge is 0.508 e. The van der Waals surface area contributed by atoms with E-state index in [1.807, 2.05) is 6.07 Å². The summed E-state index contributed by atoms with van der Waals surface area (Å²) in [6.07, 6.45) is 1.74. The van der Waals surface area contributed by atoms with E-state index in [9.17, 15) is 15.3 Å². The molecule has 0 amide bonds. The van der Waals surface area contributed by atoms with Gasteiger partial charge in [-0.25, -0.2) is 0 Å².